The van der Waals surface area contributed by atoms with Crippen LogP contribution in [-0.2, 0) is 0 Å². The van der Waals surface area contributed by atoms with Gasteiger partial charge in [-0.3, -0.25) is 0 Å². The molecular formula is C26H58N4. The molecule has 0 saturated heterocycles. The van der Waals surface area contributed by atoms with Crippen LogP contribution in [0.5, 0.6) is 0 Å². The van der Waals surface area contributed by atoms with E-state index in [1.165, 1.54) is 129 Å². The molecule has 0 aliphatic rings. The van der Waals surface area contributed by atoms with E-state index in [-0.39, 0.29) is 0 Å². The van der Waals surface area contributed by atoms with Gasteiger partial charge in [0.05, 0.1) is 0 Å². The van der Waals surface area contributed by atoms with Crippen LogP contribution in [0.3, 0.4) is 0 Å². The maximum absolute atomic E-state index is 5.49. The van der Waals surface area contributed by atoms with Gasteiger partial charge < -0.3 is 21.7 Å². The first-order valence-electron chi connectivity index (χ1n) is 13.7. The second-order valence-electron chi connectivity index (χ2n) is 9.05. The molecule has 0 aromatic carbocycles. The largest absolute Gasteiger partial charge is 0.330 e. The van der Waals surface area contributed by atoms with Gasteiger partial charge in [-0.05, 0) is 90.8 Å². The Morgan fingerprint density at radius 1 is 0.367 bits per heavy atom. The summed E-state index contributed by atoms with van der Waals surface area (Å²) in [5.41, 5.74) is 5.49. The molecule has 0 unspecified atom stereocenters. The van der Waals surface area contributed by atoms with E-state index in [9.17, 15) is 0 Å². The summed E-state index contributed by atoms with van der Waals surface area (Å²) in [6, 6.07) is 0. The van der Waals surface area contributed by atoms with Crippen molar-refractivity contribution < 1.29 is 0 Å². The Morgan fingerprint density at radius 3 is 0.967 bits per heavy atom. The standard InChI is InChI=1S/C26H58N4/c1-2-3-4-5-6-7-8-9-10-11-12-14-21-28-23-16-18-25-30-26-19-17-24-29-22-15-13-20-27/h28-30H,2-27H2,1H3. The molecule has 0 saturated carbocycles. The van der Waals surface area contributed by atoms with Crippen LogP contribution in [0.1, 0.15) is 122 Å². The average Bonchev–Trinajstić information content (AvgIpc) is 2.76. The molecule has 0 aliphatic carbocycles. The molecule has 0 spiro atoms. The quantitative estimate of drug-likeness (QED) is 0.126. The van der Waals surface area contributed by atoms with Gasteiger partial charge in [0.25, 0.3) is 0 Å². The van der Waals surface area contributed by atoms with Crippen LogP contribution in [0.4, 0.5) is 0 Å². The second kappa shape index (κ2) is 28.8. The van der Waals surface area contributed by atoms with E-state index in [1.54, 1.807) is 0 Å². The zero-order valence-electron chi connectivity index (χ0n) is 20.8. The van der Waals surface area contributed by atoms with Crippen molar-refractivity contribution in [2.24, 2.45) is 5.73 Å². The molecule has 0 radical (unpaired) electrons. The Kier molecular flexibility index (Phi) is 28.7. The molecule has 0 aliphatic heterocycles. The summed E-state index contributed by atoms with van der Waals surface area (Å²) in [6.07, 6.45) is 24.7. The van der Waals surface area contributed by atoms with Gasteiger partial charge in [0, 0.05) is 0 Å². The second-order valence-corrected chi connectivity index (χ2v) is 9.05. The smallest absolute Gasteiger partial charge is 0.00484 e. The van der Waals surface area contributed by atoms with Gasteiger partial charge in [-0.1, -0.05) is 77.6 Å². The van der Waals surface area contributed by atoms with Crippen LogP contribution in [0, 0.1) is 0 Å². The normalized spacial score (nSPS) is 11.4. The first-order valence-corrected chi connectivity index (χ1v) is 13.7. The Morgan fingerprint density at radius 2 is 0.633 bits per heavy atom. The van der Waals surface area contributed by atoms with Crippen molar-refractivity contribution in [3.05, 3.63) is 0 Å². The summed E-state index contributed by atoms with van der Waals surface area (Å²) in [6.45, 7) is 10.1. The fourth-order valence-corrected chi connectivity index (χ4v) is 3.86. The van der Waals surface area contributed by atoms with Crippen molar-refractivity contribution in [2.45, 2.75) is 122 Å². The molecule has 0 aromatic rings. The highest BCUT2D eigenvalue weighted by atomic mass is 14.9. The summed E-state index contributed by atoms with van der Waals surface area (Å²) >= 11 is 0. The van der Waals surface area contributed by atoms with Crippen molar-refractivity contribution in [1.29, 1.82) is 0 Å². The molecule has 5 N–H and O–H groups in total. The molecule has 0 aromatic heterocycles. The molecule has 30 heavy (non-hydrogen) atoms. The van der Waals surface area contributed by atoms with Gasteiger partial charge >= 0.3 is 0 Å². The summed E-state index contributed by atoms with van der Waals surface area (Å²) in [4.78, 5) is 0. The summed E-state index contributed by atoms with van der Waals surface area (Å²) in [7, 11) is 0. The Labute approximate surface area is 190 Å². The topological polar surface area (TPSA) is 62.1 Å². The van der Waals surface area contributed by atoms with Crippen LogP contribution in [0.25, 0.3) is 0 Å². The summed E-state index contributed by atoms with van der Waals surface area (Å²) in [5, 5.41) is 10.7. The third-order valence-corrected chi connectivity index (χ3v) is 5.93. The van der Waals surface area contributed by atoms with Gasteiger partial charge in [0.15, 0.2) is 0 Å². The maximum atomic E-state index is 5.49. The van der Waals surface area contributed by atoms with E-state index in [1.807, 2.05) is 0 Å². The number of rotatable bonds is 27. The molecule has 0 fully saturated rings. The molecule has 0 bridgehead atoms. The number of nitrogens with two attached hydrogens (primary N) is 1. The minimum Gasteiger partial charge on any atom is -0.330 e. The summed E-state index contributed by atoms with van der Waals surface area (Å²) in [5.74, 6) is 0. The lowest BCUT2D eigenvalue weighted by Crippen LogP contribution is -2.22. The van der Waals surface area contributed by atoms with Gasteiger partial charge in [-0.15, -0.1) is 0 Å². The molecule has 0 rings (SSSR count). The number of unbranched alkanes of at least 4 members (excludes halogenated alkanes) is 14. The SMILES string of the molecule is CCCCCCCCCCCCCCNCCCCNCCCCNCCCCN. The highest BCUT2D eigenvalue weighted by Crippen LogP contribution is 2.11. The lowest BCUT2D eigenvalue weighted by atomic mass is 10.1. The molecule has 4 heteroatoms. The van der Waals surface area contributed by atoms with Crippen molar-refractivity contribution in [3.8, 4) is 0 Å². The first kappa shape index (κ1) is 29.8. The van der Waals surface area contributed by atoms with Crippen molar-refractivity contribution in [3.63, 3.8) is 0 Å². The van der Waals surface area contributed by atoms with E-state index < -0.39 is 0 Å². The van der Waals surface area contributed by atoms with Crippen molar-refractivity contribution in [2.75, 3.05) is 45.8 Å². The summed E-state index contributed by atoms with van der Waals surface area (Å²) < 4.78 is 0. The van der Waals surface area contributed by atoms with Crippen LogP contribution in [0.2, 0.25) is 0 Å². The molecule has 4 nitrogen and oxygen atoms in total. The highest BCUT2D eigenvalue weighted by molar-refractivity contribution is 4.55. The highest BCUT2D eigenvalue weighted by Gasteiger charge is 1.95. The minimum absolute atomic E-state index is 0.820. The molecule has 0 amide bonds. The third kappa shape index (κ3) is 27.8. The predicted octanol–water partition coefficient (Wildman–Crippen LogP) is 5.76. The zero-order valence-corrected chi connectivity index (χ0v) is 20.8. The van der Waals surface area contributed by atoms with Gasteiger partial charge in [0.1, 0.15) is 0 Å². The van der Waals surface area contributed by atoms with Gasteiger partial charge in [-0.25, -0.2) is 0 Å². The van der Waals surface area contributed by atoms with Crippen LogP contribution >= 0.6 is 0 Å². The zero-order chi connectivity index (χ0) is 21.8. The van der Waals surface area contributed by atoms with E-state index in [0.29, 0.717) is 0 Å². The minimum atomic E-state index is 0.820. The third-order valence-electron chi connectivity index (χ3n) is 5.93. The molecule has 182 valence electrons. The number of hydrogen-bond acceptors (Lipinski definition) is 4. The first-order chi connectivity index (χ1) is 14.9. The van der Waals surface area contributed by atoms with Gasteiger partial charge in [0.2, 0.25) is 0 Å². The van der Waals surface area contributed by atoms with Crippen LogP contribution < -0.4 is 21.7 Å². The number of hydrogen-bond donors (Lipinski definition) is 4. The van der Waals surface area contributed by atoms with Crippen molar-refractivity contribution in [1.82, 2.24) is 16.0 Å². The lowest BCUT2D eigenvalue weighted by molar-refractivity contribution is 0.526. The Bertz CT molecular complexity index is 258. The Balaban J connectivity index is 2.97. The molecule has 0 heterocycles. The van der Waals surface area contributed by atoms with Crippen LogP contribution in [-0.4, -0.2) is 45.8 Å². The Hall–Kier alpha value is -0.160. The monoisotopic (exact) mass is 426 g/mol. The van der Waals surface area contributed by atoms with Gasteiger partial charge in [-0.2, -0.15) is 0 Å². The maximum Gasteiger partial charge on any atom is -0.00484 e. The fourth-order valence-electron chi connectivity index (χ4n) is 3.86. The molecule has 0 atom stereocenters. The van der Waals surface area contributed by atoms with Crippen molar-refractivity contribution >= 4 is 0 Å². The van der Waals surface area contributed by atoms with Crippen LogP contribution in [0.15, 0.2) is 0 Å². The van der Waals surface area contributed by atoms with E-state index >= 15 is 0 Å². The lowest BCUT2D eigenvalue weighted by Gasteiger charge is -2.07. The van der Waals surface area contributed by atoms with E-state index in [2.05, 4.69) is 22.9 Å². The molecular weight excluding hydrogens is 368 g/mol. The fraction of sp³-hybridized carbons (Fsp3) is 1.00. The predicted molar refractivity (Wildman–Crippen MR) is 136 cm³/mol. The number of nitrogens with one attached hydrogen (secondary N) is 3. The van der Waals surface area contributed by atoms with E-state index in [0.717, 1.165) is 32.6 Å². The average molecular weight is 427 g/mol. The van der Waals surface area contributed by atoms with E-state index in [4.69, 9.17) is 5.73 Å².